The second kappa shape index (κ2) is 6.74. The molecule has 2 N–H and O–H groups in total. The molecule has 0 aliphatic rings. The van der Waals surface area contributed by atoms with Gasteiger partial charge in [-0.2, -0.15) is 0 Å². The quantitative estimate of drug-likeness (QED) is 0.583. The molecule has 0 spiro atoms. The summed E-state index contributed by atoms with van der Waals surface area (Å²) in [4.78, 5) is 30.0. The molecule has 18 heavy (non-hydrogen) atoms. The number of H-pyrrole nitrogens is 1. The molecule has 0 saturated heterocycles. The molecule has 0 aliphatic heterocycles. The zero-order chi connectivity index (χ0) is 13.5. The SMILES string of the molecule is C=CCCNC(=O)CCc1c(C)nc(C)[nH]c1=O. The van der Waals surface area contributed by atoms with Gasteiger partial charge in [-0.3, -0.25) is 9.59 Å². The van der Waals surface area contributed by atoms with Crippen molar-refractivity contribution in [2.45, 2.75) is 33.1 Å². The average molecular weight is 249 g/mol. The van der Waals surface area contributed by atoms with Crippen molar-refractivity contribution in [1.82, 2.24) is 15.3 Å². The molecule has 0 atom stereocenters. The molecule has 1 rings (SSSR count). The average Bonchev–Trinajstić information content (AvgIpc) is 2.27. The van der Waals surface area contributed by atoms with E-state index < -0.39 is 0 Å². The van der Waals surface area contributed by atoms with Crippen LogP contribution in [0, 0.1) is 13.8 Å². The normalized spacial score (nSPS) is 10.1. The van der Waals surface area contributed by atoms with Gasteiger partial charge in [0, 0.05) is 24.2 Å². The molecule has 1 amide bonds. The predicted molar refractivity (Wildman–Crippen MR) is 70.5 cm³/mol. The molecule has 0 aromatic carbocycles. The van der Waals surface area contributed by atoms with Gasteiger partial charge in [0.05, 0.1) is 0 Å². The number of rotatable bonds is 6. The minimum absolute atomic E-state index is 0.0591. The third-order valence-corrected chi connectivity index (χ3v) is 2.61. The predicted octanol–water partition coefficient (Wildman–Crippen LogP) is 1.01. The fourth-order valence-electron chi connectivity index (χ4n) is 1.69. The van der Waals surface area contributed by atoms with Crippen LogP contribution in [0.25, 0.3) is 0 Å². The van der Waals surface area contributed by atoms with Crippen LogP contribution in [0.5, 0.6) is 0 Å². The van der Waals surface area contributed by atoms with Gasteiger partial charge in [-0.25, -0.2) is 4.98 Å². The number of nitrogens with one attached hydrogen (secondary N) is 2. The molecule has 5 heteroatoms. The van der Waals surface area contributed by atoms with Crippen LogP contribution in [-0.2, 0) is 11.2 Å². The monoisotopic (exact) mass is 249 g/mol. The molecule has 1 aromatic heterocycles. The Bertz CT molecular complexity index is 491. The third kappa shape index (κ3) is 4.16. The highest BCUT2D eigenvalue weighted by Gasteiger charge is 2.09. The summed E-state index contributed by atoms with van der Waals surface area (Å²) in [6, 6.07) is 0. The van der Waals surface area contributed by atoms with Crippen molar-refractivity contribution in [1.29, 1.82) is 0 Å². The highest BCUT2D eigenvalue weighted by atomic mass is 16.1. The minimum Gasteiger partial charge on any atom is -0.356 e. The van der Waals surface area contributed by atoms with E-state index >= 15 is 0 Å². The maximum atomic E-state index is 11.7. The molecular weight excluding hydrogens is 230 g/mol. The summed E-state index contributed by atoms with van der Waals surface area (Å²) in [5.41, 5.74) is 1.12. The first kappa shape index (κ1) is 14.2. The van der Waals surface area contributed by atoms with Crippen LogP contribution in [-0.4, -0.2) is 22.4 Å². The molecular formula is C13H19N3O2. The van der Waals surface area contributed by atoms with Gasteiger partial charge in [0.1, 0.15) is 5.82 Å². The van der Waals surface area contributed by atoms with Crippen molar-refractivity contribution >= 4 is 5.91 Å². The lowest BCUT2D eigenvalue weighted by atomic mass is 10.1. The van der Waals surface area contributed by atoms with Gasteiger partial charge < -0.3 is 10.3 Å². The smallest absolute Gasteiger partial charge is 0.254 e. The van der Waals surface area contributed by atoms with E-state index in [1.165, 1.54) is 0 Å². The number of aromatic nitrogens is 2. The Kier molecular flexibility index (Phi) is 5.30. The van der Waals surface area contributed by atoms with Gasteiger partial charge in [0.25, 0.3) is 5.56 Å². The Morgan fingerprint density at radius 2 is 2.22 bits per heavy atom. The van der Waals surface area contributed by atoms with Crippen LogP contribution in [0.4, 0.5) is 0 Å². The van der Waals surface area contributed by atoms with Crippen molar-refractivity contribution in [3.63, 3.8) is 0 Å². The lowest BCUT2D eigenvalue weighted by Crippen LogP contribution is -2.26. The highest BCUT2D eigenvalue weighted by Crippen LogP contribution is 2.02. The van der Waals surface area contributed by atoms with Crippen molar-refractivity contribution in [3.8, 4) is 0 Å². The number of hydrogen-bond acceptors (Lipinski definition) is 3. The zero-order valence-electron chi connectivity index (χ0n) is 10.9. The summed E-state index contributed by atoms with van der Waals surface area (Å²) in [6.07, 6.45) is 3.21. The Balaban J connectivity index is 2.56. The second-order valence-electron chi connectivity index (χ2n) is 4.14. The third-order valence-electron chi connectivity index (χ3n) is 2.61. The van der Waals surface area contributed by atoms with E-state index in [4.69, 9.17) is 0 Å². The maximum absolute atomic E-state index is 11.7. The number of carbonyl (C=O) groups is 1. The highest BCUT2D eigenvalue weighted by molar-refractivity contribution is 5.76. The zero-order valence-corrected chi connectivity index (χ0v) is 10.9. The first-order chi connectivity index (χ1) is 8.54. The largest absolute Gasteiger partial charge is 0.356 e. The summed E-state index contributed by atoms with van der Waals surface area (Å²) in [5, 5.41) is 2.76. The van der Waals surface area contributed by atoms with Gasteiger partial charge in [0.2, 0.25) is 5.91 Å². The number of nitrogens with zero attached hydrogens (tertiary/aromatic N) is 1. The van der Waals surface area contributed by atoms with Crippen LogP contribution >= 0.6 is 0 Å². The fraction of sp³-hybridized carbons (Fsp3) is 0.462. The molecule has 5 nitrogen and oxygen atoms in total. The van der Waals surface area contributed by atoms with Gasteiger partial charge >= 0.3 is 0 Å². The van der Waals surface area contributed by atoms with Gasteiger partial charge in [-0.1, -0.05) is 6.08 Å². The first-order valence-corrected chi connectivity index (χ1v) is 5.98. The van der Waals surface area contributed by atoms with Crippen LogP contribution in [0.2, 0.25) is 0 Å². The number of hydrogen-bond donors (Lipinski definition) is 2. The van der Waals surface area contributed by atoms with E-state index in [0.717, 1.165) is 6.42 Å². The van der Waals surface area contributed by atoms with E-state index in [1.54, 1.807) is 19.9 Å². The van der Waals surface area contributed by atoms with Gasteiger partial charge in [-0.15, -0.1) is 6.58 Å². The Labute approximate surface area is 106 Å². The van der Waals surface area contributed by atoms with E-state index in [9.17, 15) is 9.59 Å². The Morgan fingerprint density at radius 1 is 1.50 bits per heavy atom. The Hall–Kier alpha value is -1.91. The number of aromatic amines is 1. The van der Waals surface area contributed by atoms with E-state index in [2.05, 4.69) is 21.9 Å². The summed E-state index contributed by atoms with van der Waals surface area (Å²) in [6.45, 7) is 7.69. The summed E-state index contributed by atoms with van der Waals surface area (Å²) >= 11 is 0. The van der Waals surface area contributed by atoms with E-state index in [-0.39, 0.29) is 11.5 Å². The second-order valence-corrected chi connectivity index (χ2v) is 4.14. The Morgan fingerprint density at radius 3 is 2.83 bits per heavy atom. The molecule has 0 unspecified atom stereocenters. The maximum Gasteiger partial charge on any atom is 0.254 e. The summed E-state index contributed by atoms with van der Waals surface area (Å²) < 4.78 is 0. The number of amides is 1. The van der Waals surface area contributed by atoms with Crippen LogP contribution in [0.15, 0.2) is 17.4 Å². The van der Waals surface area contributed by atoms with Crippen molar-refractivity contribution in [2.24, 2.45) is 0 Å². The topological polar surface area (TPSA) is 74.8 Å². The lowest BCUT2D eigenvalue weighted by molar-refractivity contribution is -0.121. The standard InChI is InChI=1S/C13H19N3O2/c1-4-5-8-14-12(17)7-6-11-9(2)15-10(3)16-13(11)18/h4H,1,5-8H2,2-3H3,(H,14,17)(H,15,16,18). The molecule has 0 bridgehead atoms. The van der Waals surface area contributed by atoms with Crippen LogP contribution in [0.1, 0.15) is 29.9 Å². The van der Waals surface area contributed by atoms with Crippen molar-refractivity contribution < 1.29 is 4.79 Å². The fourth-order valence-corrected chi connectivity index (χ4v) is 1.69. The molecule has 98 valence electrons. The molecule has 0 radical (unpaired) electrons. The molecule has 1 aromatic rings. The van der Waals surface area contributed by atoms with Gasteiger partial charge in [0.15, 0.2) is 0 Å². The number of aryl methyl sites for hydroxylation is 2. The number of carbonyl (C=O) groups excluding carboxylic acids is 1. The van der Waals surface area contributed by atoms with Crippen molar-refractivity contribution in [2.75, 3.05) is 6.54 Å². The molecule has 1 heterocycles. The minimum atomic E-state index is -0.154. The van der Waals surface area contributed by atoms with E-state index in [0.29, 0.717) is 36.5 Å². The summed E-state index contributed by atoms with van der Waals surface area (Å²) in [5.74, 6) is 0.535. The van der Waals surface area contributed by atoms with Gasteiger partial charge in [-0.05, 0) is 26.7 Å². The molecule has 0 aliphatic carbocycles. The lowest BCUT2D eigenvalue weighted by Gasteiger charge is -2.06. The molecule has 0 fully saturated rings. The van der Waals surface area contributed by atoms with E-state index in [1.807, 2.05) is 0 Å². The van der Waals surface area contributed by atoms with Crippen LogP contribution in [0.3, 0.4) is 0 Å². The van der Waals surface area contributed by atoms with Crippen LogP contribution < -0.4 is 10.9 Å². The first-order valence-electron chi connectivity index (χ1n) is 5.98. The summed E-state index contributed by atoms with van der Waals surface area (Å²) in [7, 11) is 0. The van der Waals surface area contributed by atoms with Crippen molar-refractivity contribution in [3.05, 3.63) is 40.1 Å². The molecule has 0 saturated carbocycles.